The van der Waals surface area contributed by atoms with Crippen LogP contribution in [0.2, 0.25) is 10.0 Å². The van der Waals surface area contributed by atoms with E-state index in [2.05, 4.69) is 15.5 Å². The number of fused-ring (bicyclic) bond motifs is 1. The Labute approximate surface area is 228 Å². The number of benzene rings is 4. The highest BCUT2D eigenvalue weighted by molar-refractivity contribution is 7.86. The summed E-state index contributed by atoms with van der Waals surface area (Å²) in [5.74, 6) is -0.809. The fraction of sp³-hybridized carbons (Fsp3) is 0.115. The molecular weight excluding hydrogens is 553 g/mol. The summed E-state index contributed by atoms with van der Waals surface area (Å²) in [5, 5.41) is 23.1. The predicted molar refractivity (Wildman–Crippen MR) is 146 cm³/mol. The topological polar surface area (TPSA) is 138 Å². The number of phenolic OH excluding ortho intramolecular Hbond substituents is 1. The SMILES string of the molecule is CCOc1cc(Cl)ccc1NC(=O)c1cc2ccccc2c(N=Nc2ccc(C)c(Cl)c2S(=O)(=O)O)c1O. The minimum atomic E-state index is -4.75. The molecular formula is C26H21Cl2N3O6S. The number of ether oxygens (including phenoxy) is 1. The van der Waals surface area contributed by atoms with E-state index in [0.29, 0.717) is 39.4 Å². The summed E-state index contributed by atoms with van der Waals surface area (Å²) in [5.41, 5.74) is 0.284. The van der Waals surface area contributed by atoms with Gasteiger partial charge in [-0.1, -0.05) is 53.5 Å². The van der Waals surface area contributed by atoms with Crippen LogP contribution < -0.4 is 10.1 Å². The Bertz CT molecular complexity index is 1710. The largest absolute Gasteiger partial charge is 0.505 e. The summed E-state index contributed by atoms with van der Waals surface area (Å²) in [4.78, 5) is 12.6. The molecule has 3 N–H and O–H groups in total. The van der Waals surface area contributed by atoms with Crippen LogP contribution in [0.4, 0.5) is 17.1 Å². The molecule has 9 nitrogen and oxygen atoms in total. The Morgan fingerprint density at radius 2 is 1.79 bits per heavy atom. The molecule has 4 rings (SSSR count). The lowest BCUT2D eigenvalue weighted by Crippen LogP contribution is -2.13. The number of aromatic hydroxyl groups is 1. The molecule has 1 amide bonds. The first-order valence-corrected chi connectivity index (χ1v) is 13.4. The van der Waals surface area contributed by atoms with E-state index < -0.39 is 26.7 Å². The van der Waals surface area contributed by atoms with E-state index in [9.17, 15) is 22.9 Å². The van der Waals surface area contributed by atoms with Gasteiger partial charge in [0.2, 0.25) is 0 Å². The van der Waals surface area contributed by atoms with E-state index in [0.717, 1.165) is 0 Å². The number of nitrogens with one attached hydrogen (secondary N) is 1. The van der Waals surface area contributed by atoms with E-state index in [1.165, 1.54) is 18.2 Å². The molecule has 4 aromatic carbocycles. The number of azo groups is 1. The Hall–Kier alpha value is -3.70. The molecule has 4 aromatic rings. The number of anilines is 1. The van der Waals surface area contributed by atoms with E-state index in [4.69, 9.17) is 27.9 Å². The van der Waals surface area contributed by atoms with Crippen LogP contribution in [0.3, 0.4) is 0 Å². The van der Waals surface area contributed by atoms with E-state index in [-0.39, 0.29) is 22.0 Å². The molecule has 0 aliphatic carbocycles. The van der Waals surface area contributed by atoms with Crippen LogP contribution in [0, 0.1) is 6.92 Å². The second-order valence-corrected chi connectivity index (χ2v) is 10.3. The highest BCUT2D eigenvalue weighted by atomic mass is 35.5. The molecule has 38 heavy (non-hydrogen) atoms. The zero-order valence-corrected chi connectivity index (χ0v) is 22.4. The molecule has 0 saturated heterocycles. The number of amides is 1. The highest BCUT2D eigenvalue weighted by Gasteiger charge is 2.23. The quantitative estimate of drug-likeness (QED) is 0.155. The second kappa shape index (κ2) is 11.0. The summed E-state index contributed by atoms with van der Waals surface area (Å²) in [6, 6.07) is 15.8. The van der Waals surface area contributed by atoms with Crippen molar-refractivity contribution in [1.82, 2.24) is 0 Å². The van der Waals surface area contributed by atoms with Gasteiger partial charge in [0.15, 0.2) is 5.75 Å². The van der Waals surface area contributed by atoms with Crippen LogP contribution >= 0.6 is 23.2 Å². The molecule has 196 valence electrons. The number of rotatable bonds is 7. The Morgan fingerprint density at radius 3 is 2.50 bits per heavy atom. The van der Waals surface area contributed by atoms with Crippen molar-refractivity contribution in [1.29, 1.82) is 0 Å². The number of nitrogens with zero attached hydrogens (tertiary/aromatic N) is 2. The lowest BCUT2D eigenvalue weighted by molar-refractivity contribution is 0.102. The molecule has 0 bridgehead atoms. The van der Waals surface area contributed by atoms with Gasteiger partial charge in [0, 0.05) is 16.5 Å². The summed E-state index contributed by atoms with van der Waals surface area (Å²) >= 11 is 12.2. The molecule has 0 radical (unpaired) electrons. The van der Waals surface area contributed by atoms with Gasteiger partial charge in [0.1, 0.15) is 22.0 Å². The monoisotopic (exact) mass is 573 g/mol. The van der Waals surface area contributed by atoms with Crippen LogP contribution in [0.15, 0.2) is 75.8 Å². The van der Waals surface area contributed by atoms with Crippen LogP contribution in [-0.4, -0.2) is 30.6 Å². The van der Waals surface area contributed by atoms with Crippen molar-refractivity contribution >= 4 is 67.1 Å². The molecule has 0 heterocycles. The van der Waals surface area contributed by atoms with Crippen LogP contribution in [0.5, 0.6) is 11.5 Å². The third-order valence-electron chi connectivity index (χ3n) is 5.52. The molecule has 12 heteroatoms. The minimum Gasteiger partial charge on any atom is -0.505 e. The van der Waals surface area contributed by atoms with Crippen LogP contribution in [0.25, 0.3) is 10.8 Å². The standard InChI is InChI=1S/C26H21Cl2N3O6S/c1-3-37-21-13-16(27)9-11-19(21)29-26(33)18-12-15-6-4-5-7-17(15)23(24(18)32)31-30-20-10-8-14(2)22(28)25(20)38(34,35)36/h4-13,32H,3H2,1-2H3,(H,29,33)(H,34,35,36). The highest BCUT2D eigenvalue weighted by Crippen LogP contribution is 2.41. The van der Waals surface area contributed by atoms with Gasteiger partial charge in [-0.05, 0) is 49.1 Å². The van der Waals surface area contributed by atoms with E-state index in [1.807, 2.05) is 0 Å². The summed E-state index contributed by atoms with van der Waals surface area (Å²) in [6.45, 7) is 3.69. The van der Waals surface area contributed by atoms with Gasteiger partial charge in [-0.3, -0.25) is 9.35 Å². The number of hydrogen-bond donors (Lipinski definition) is 3. The lowest BCUT2D eigenvalue weighted by atomic mass is 10.0. The van der Waals surface area contributed by atoms with Crippen molar-refractivity contribution in [3.05, 3.63) is 81.8 Å². The summed E-state index contributed by atoms with van der Waals surface area (Å²) in [7, 11) is -4.75. The Morgan fingerprint density at radius 1 is 1.05 bits per heavy atom. The molecule has 0 spiro atoms. The van der Waals surface area contributed by atoms with Gasteiger partial charge < -0.3 is 15.2 Å². The van der Waals surface area contributed by atoms with E-state index >= 15 is 0 Å². The Balaban J connectivity index is 1.83. The maximum Gasteiger partial charge on any atom is 0.298 e. The summed E-state index contributed by atoms with van der Waals surface area (Å²) < 4.78 is 39.2. The molecule has 0 aromatic heterocycles. The molecule has 0 saturated carbocycles. The Kier molecular flexibility index (Phi) is 7.89. The van der Waals surface area contributed by atoms with Gasteiger partial charge in [-0.2, -0.15) is 8.42 Å². The molecule has 0 atom stereocenters. The zero-order valence-electron chi connectivity index (χ0n) is 20.1. The first-order chi connectivity index (χ1) is 18.0. The fourth-order valence-electron chi connectivity index (χ4n) is 3.73. The number of phenols is 1. The van der Waals surface area contributed by atoms with E-state index in [1.54, 1.807) is 56.3 Å². The fourth-order valence-corrected chi connectivity index (χ4v) is 5.10. The number of carbonyl (C=O) groups excluding carboxylic acids is 1. The number of hydrogen-bond acceptors (Lipinski definition) is 7. The molecule has 0 aliphatic heterocycles. The third kappa shape index (κ3) is 5.58. The van der Waals surface area contributed by atoms with Crippen molar-refractivity contribution in [2.24, 2.45) is 10.2 Å². The minimum absolute atomic E-state index is 0.0904. The number of halogens is 2. The molecule has 0 fully saturated rings. The average Bonchev–Trinajstić information content (AvgIpc) is 2.86. The van der Waals surface area contributed by atoms with Crippen molar-refractivity contribution < 1.29 is 27.6 Å². The van der Waals surface area contributed by atoms with Crippen LogP contribution in [-0.2, 0) is 10.1 Å². The maximum atomic E-state index is 13.3. The van der Waals surface area contributed by atoms with Gasteiger partial charge in [0.05, 0.1) is 22.9 Å². The third-order valence-corrected chi connectivity index (χ3v) is 7.28. The molecule has 0 unspecified atom stereocenters. The van der Waals surface area contributed by atoms with Gasteiger partial charge in [-0.25, -0.2) is 0 Å². The molecule has 0 aliphatic rings. The summed E-state index contributed by atoms with van der Waals surface area (Å²) in [6.07, 6.45) is 0. The van der Waals surface area contributed by atoms with Crippen molar-refractivity contribution in [2.45, 2.75) is 18.7 Å². The lowest BCUT2D eigenvalue weighted by Gasteiger charge is -2.14. The normalized spacial score (nSPS) is 11.7. The van der Waals surface area contributed by atoms with Gasteiger partial charge in [0.25, 0.3) is 16.0 Å². The number of carbonyl (C=O) groups is 1. The maximum absolute atomic E-state index is 13.3. The van der Waals surface area contributed by atoms with Crippen LogP contribution in [0.1, 0.15) is 22.8 Å². The van der Waals surface area contributed by atoms with Gasteiger partial charge >= 0.3 is 0 Å². The zero-order chi connectivity index (χ0) is 27.6. The average molecular weight is 574 g/mol. The van der Waals surface area contributed by atoms with Crippen molar-refractivity contribution in [3.63, 3.8) is 0 Å². The first kappa shape index (κ1) is 27.3. The number of aryl methyl sites for hydroxylation is 1. The van der Waals surface area contributed by atoms with Crippen molar-refractivity contribution in [3.8, 4) is 11.5 Å². The predicted octanol–water partition coefficient (Wildman–Crippen LogP) is 7.47. The second-order valence-electron chi connectivity index (χ2n) is 8.09. The first-order valence-electron chi connectivity index (χ1n) is 11.2. The smallest absolute Gasteiger partial charge is 0.298 e. The van der Waals surface area contributed by atoms with Crippen molar-refractivity contribution in [2.75, 3.05) is 11.9 Å². The van der Waals surface area contributed by atoms with Gasteiger partial charge in [-0.15, -0.1) is 10.2 Å².